The van der Waals surface area contributed by atoms with Gasteiger partial charge in [-0.1, -0.05) is 25.8 Å². The molecule has 0 saturated carbocycles. The van der Waals surface area contributed by atoms with E-state index >= 15 is 0 Å². The molecule has 0 aliphatic carbocycles. The predicted molar refractivity (Wildman–Crippen MR) is 55.0 cm³/mol. The Morgan fingerprint density at radius 1 is 1.31 bits per heavy atom. The maximum Gasteiger partial charge on any atom is 0.250 e. The van der Waals surface area contributed by atoms with Gasteiger partial charge < -0.3 is 4.57 Å². The molecule has 0 aliphatic rings. The molecule has 0 aliphatic heterocycles. The molecule has 0 saturated heterocycles. The van der Waals surface area contributed by atoms with Gasteiger partial charge in [-0.25, -0.2) is 0 Å². The van der Waals surface area contributed by atoms with Crippen LogP contribution in [0.2, 0.25) is 0 Å². The van der Waals surface area contributed by atoms with E-state index in [1.54, 1.807) is 6.07 Å². The number of hydrogen-bond donors (Lipinski definition) is 0. The van der Waals surface area contributed by atoms with Gasteiger partial charge in [-0.3, -0.25) is 4.79 Å². The van der Waals surface area contributed by atoms with Gasteiger partial charge in [-0.15, -0.1) is 0 Å². The predicted octanol–water partition coefficient (Wildman–Crippen LogP) is 2.35. The summed E-state index contributed by atoms with van der Waals surface area (Å²) in [5, 5.41) is 0. The van der Waals surface area contributed by atoms with Gasteiger partial charge in [-0.05, 0) is 19.4 Å². The molecule has 0 atom stereocenters. The van der Waals surface area contributed by atoms with Crippen molar-refractivity contribution in [2.45, 2.75) is 39.7 Å². The highest BCUT2D eigenvalue weighted by molar-refractivity contribution is 5.04. The SMILES string of the molecule is CCCCCn1c(C)cccc1=O. The second kappa shape index (κ2) is 4.85. The summed E-state index contributed by atoms with van der Waals surface area (Å²) in [6.45, 7) is 5.01. The standard InChI is InChI=1S/C11H17NO/c1-3-4-5-9-12-10(2)7-6-8-11(12)13/h6-8H,3-5,9H2,1-2H3. The number of pyridine rings is 1. The van der Waals surface area contributed by atoms with E-state index < -0.39 is 0 Å². The summed E-state index contributed by atoms with van der Waals surface area (Å²) < 4.78 is 1.84. The van der Waals surface area contributed by atoms with E-state index in [0.29, 0.717) is 0 Å². The number of hydrogen-bond acceptors (Lipinski definition) is 1. The lowest BCUT2D eigenvalue weighted by Gasteiger charge is -2.07. The summed E-state index contributed by atoms with van der Waals surface area (Å²) in [7, 11) is 0. The lowest BCUT2D eigenvalue weighted by Crippen LogP contribution is -2.20. The summed E-state index contributed by atoms with van der Waals surface area (Å²) in [5.74, 6) is 0. The van der Waals surface area contributed by atoms with Crippen LogP contribution in [0.25, 0.3) is 0 Å². The fourth-order valence-corrected chi connectivity index (χ4v) is 1.43. The second-order valence-corrected chi connectivity index (χ2v) is 3.36. The zero-order valence-corrected chi connectivity index (χ0v) is 8.42. The van der Waals surface area contributed by atoms with E-state index in [4.69, 9.17) is 0 Å². The van der Waals surface area contributed by atoms with Gasteiger partial charge in [0.15, 0.2) is 0 Å². The summed E-state index contributed by atoms with van der Waals surface area (Å²) in [5.41, 5.74) is 1.18. The highest BCUT2D eigenvalue weighted by Gasteiger charge is 1.97. The maximum absolute atomic E-state index is 11.4. The molecule has 0 spiro atoms. The monoisotopic (exact) mass is 179 g/mol. The second-order valence-electron chi connectivity index (χ2n) is 3.36. The average molecular weight is 179 g/mol. The fourth-order valence-electron chi connectivity index (χ4n) is 1.43. The maximum atomic E-state index is 11.4. The first-order chi connectivity index (χ1) is 6.25. The zero-order chi connectivity index (χ0) is 9.68. The molecule has 0 aromatic carbocycles. The molecule has 0 fully saturated rings. The Bertz CT molecular complexity index is 314. The topological polar surface area (TPSA) is 22.0 Å². The van der Waals surface area contributed by atoms with Crippen molar-refractivity contribution in [3.05, 3.63) is 34.2 Å². The molecule has 2 heteroatoms. The minimum atomic E-state index is 0.121. The Balaban J connectivity index is 2.70. The fraction of sp³-hybridized carbons (Fsp3) is 0.545. The molecule has 0 amide bonds. The molecular formula is C11H17NO. The molecule has 13 heavy (non-hydrogen) atoms. The third-order valence-corrected chi connectivity index (χ3v) is 2.25. The van der Waals surface area contributed by atoms with Crippen LogP contribution in [-0.2, 0) is 6.54 Å². The largest absolute Gasteiger partial charge is 0.313 e. The van der Waals surface area contributed by atoms with Crippen LogP contribution in [0, 0.1) is 6.92 Å². The van der Waals surface area contributed by atoms with Crippen LogP contribution in [0.5, 0.6) is 0 Å². The number of aromatic nitrogens is 1. The lowest BCUT2D eigenvalue weighted by atomic mass is 10.2. The van der Waals surface area contributed by atoms with Crippen molar-refractivity contribution >= 4 is 0 Å². The minimum Gasteiger partial charge on any atom is -0.313 e. The van der Waals surface area contributed by atoms with Crippen LogP contribution >= 0.6 is 0 Å². The summed E-state index contributed by atoms with van der Waals surface area (Å²) in [6.07, 6.45) is 3.49. The van der Waals surface area contributed by atoms with Crippen molar-refractivity contribution in [1.29, 1.82) is 0 Å². The molecule has 0 radical (unpaired) electrons. The minimum absolute atomic E-state index is 0.121. The van der Waals surface area contributed by atoms with Crippen LogP contribution in [0.4, 0.5) is 0 Å². The molecule has 1 aromatic rings. The molecule has 1 aromatic heterocycles. The number of aryl methyl sites for hydroxylation is 1. The Hall–Kier alpha value is -1.05. The number of rotatable bonds is 4. The molecule has 0 N–H and O–H groups in total. The molecule has 0 unspecified atom stereocenters. The molecule has 72 valence electrons. The van der Waals surface area contributed by atoms with E-state index in [-0.39, 0.29) is 5.56 Å². The van der Waals surface area contributed by atoms with Crippen molar-refractivity contribution in [3.8, 4) is 0 Å². The first kappa shape index (κ1) is 10.0. The summed E-state index contributed by atoms with van der Waals surface area (Å²) in [4.78, 5) is 11.4. The Morgan fingerprint density at radius 3 is 2.69 bits per heavy atom. The van der Waals surface area contributed by atoms with Crippen LogP contribution < -0.4 is 5.56 Å². The van der Waals surface area contributed by atoms with Crippen molar-refractivity contribution in [2.75, 3.05) is 0 Å². The third-order valence-electron chi connectivity index (χ3n) is 2.25. The Morgan fingerprint density at radius 2 is 2.08 bits per heavy atom. The average Bonchev–Trinajstić information content (AvgIpc) is 2.10. The Kier molecular flexibility index (Phi) is 3.74. The summed E-state index contributed by atoms with van der Waals surface area (Å²) in [6, 6.07) is 5.42. The van der Waals surface area contributed by atoms with Gasteiger partial charge in [0.2, 0.25) is 0 Å². The molecule has 2 nitrogen and oxygen atoms in total. The van der Waals surface area contributed by atoms with Gasteiger partial charge in [-0.2, -0.15) is 0 Å². The number of nitrogens with zero attached hydrogens (tertiary/aromatic N) is 1. The molecule has 1 rings (SSSR count). The van der Waals surface area contributed by atoms with E-state index in [0.717, 1.165) is 18.7 Å². The first-order valence-electron chi connectivity index (χ1n) is 4.92. The highest BCUT2D eigenvalue weighted by Crippen LogP contribution is 1.99. The van der Waals surface area contributed by atoms with E-state index in [1.165, 1.54) is 12.8 Å². The Labute approximate surface area is 79.2 Å². The van der Waals surface area contributed by atoms with Gasteiger partial charge in [0.1, 0.15) is 0 Å². The van der Waals surface area contributed by atoms with Crippen LogP contribution in [0.15, 0.2) is 23.0 Å². The van der Waals surface area contributed by atoms with Gasteiger partial charge in [0.25, 0.3) is 5.56 Å². The lowest BCUT2D eigenvalue weighted by molar-refractivity contribution is 0.576. The van der Waals surface area contributed by atoms with E-state index in [1.807, 2.05) is 23.6 Å². The molecular weight excluding hydrogens is 162 g/mol. The van der Waals surface area contributed by atoms with Gasteiger partial charge in [0.05, 0.1) is 0 Å². The van der Waals surface area contributed by atoms with E-state index in [9.17, 15) is 4.79 Å². The number of unbranched alkanes of at least 4 members (excludes halogenated alkanes) is 2. The van der Waals surface area contributed by atoms with Crippen LogP contribution in [-0.4, -0.2) is 4.57 Å². The van der Waals surface area contributed by atoms with Gasteiger partial charge in [0, 0.05) is 18.3 Å². The normalized spacial score (nSPS) is 10.3. The van der Waals surface area contributed by atoms with Crippen molar-refractivity contribution in [1.82, 2.24) is 4.57 Å². The quantitative estimate of drug-likeness (QED) is 0.650. The van der Waals surface area contributed by atoms with Crippen LogP contribution in [0.1, 0.15) is 31.9 Å². The first-order valence-corrected chi connectivity index (χ1v) is 4.92. The third kappa shape index (κ3) is 2.72. The zero-order valence-electron chi connectivity index (χ0n) is 8.42. The van der Waals surface area contributed by atoms with Crippen molar-refractivity contribution in [2.24, 2.45) is 0 Å². The molecule has 0 bridgehead atoms. The highest BCUT2D eigenvalue weighted by atomic mass is 16.1. The van der Waals surface area contributed by atoms with Crippen molar-refractivity contribution in [3.63, 3.8) is 0 Å². The van der Waals surface area contributed by atoms with Gasteiger partial charge >= 0.3 is 0 Å². The summed E-state index contributed by atoms with van der Waals surface area (Å²) >= 11 is 0. The molecule has 1 heterocycles. The van der Waals surface area contributed by atoms with E-state index in [2.05, 4.69) is 6.92 Å². The van der Waals surface area contributed by atoms with Crippen molar-refractivity contribution < 1.29 is 0 Å². The van der Waals surface area contributed by atoms with Crippen LogP contribution in [0.3, 0.4) is 0 Å². The smallest absolute Gasteiger partial charge is 0.250 e.